The van der Waals surface area contributed by atoms with Gasteiger partial charge in [0.2, 0.25) is 5.91 Å². The van der Waals surface area contributed by atoms with E-state index in [-0.39, 0.29) is 24.3 Å². The molecule has 4 nitrogen and oxygen atoms in total. The van der Waals surface area contributed by atoms with Crippen LogP contribution in [0.2, 0.25) is 0 Å². The predicted octanol–water partition coefficient (Wildman–Crippen LogP) is 2.55. The van der Waals surface area contributed by atoms with E-state index in [2.05, 4.69) is 5.32 Å². The standard InChI is InChI=1S/C15H21NO3/c1-11(13-6-4-3-5-7-13)10-14(17)16-12(2)8-9-15(18)19/h3-7,11-12H,8-10H2,1-2H3,(H,16,17)(H,18,19). The number of nitrogens with one attached hydrogen (secondary N) is 1. The lowest BCUT2D eigenvalue weighted by atomic mass is 9.97. The third kappa shape index (κ3) is 6.04. The zero-order valence-electron chi connectivity index (χ0n) is 11.4. The van der Waals surface area contributed by atoms with E-state index in [1.807, 2.05) is 44.2 Å². The molecule has 2 unspecified atom stereocenters. The van der Waals surface area contributed by atoms with Crippen molar-refractivity contribution in [2.75, 3.05) is 0 Å². The van der Waals surface area contributed by atoms with E-state index in [0.717, 1.165) is 5.56 Å². The average molecular weight is 263 g/mol. The van der Waals surface area contributed by atoms with Crippen LogP contribution in [0, 0.1) is 0 Å². The molecule has 0 bridgehead atoms. The second-order valence-corrected chi connectivity index (χ2v) is 4.92. The van der Waals surface area contributed by atoms with Crippen LogP contribution in [-0.2, 0) is 9.59 Å². The lowest BCUT2D eigenvalue weighted by molar-refractivity contribution is -0.137. The first-order valence-corrected chi connectivity index (χ1v) is 6.55. The Hall–Kier alpha value is -1.84. The third-order valence-corrected chi connectivity index (χ3v) is 3.06. The number of carbonyl (C=O) groups is 2. The van der Waals surface area contributed by atoms with E-state index in [9.17, 15) is 9.59 Å². The zero-order valence-corrected chi connectivity index (χ0v) is 11.4. The second kappa shape index (κ2) is 7.56. The molecule has 0 aliphatic heterocycles. The SMILES string of the molecule is CC(CCC(=O)O)NC(=O)CC(C)c1ccccc1. The van der Waals surface area contributed by atoms with Gasteiger partial charge in [0.25, 0.3) is 0 Å². The van der Waals surface area contributed by atoms with Crippen molar-refractivity contribution >= 4 is 11.9 Å². The summed E-state index contributed by atoms with van der Waals surface area (Å²) in [6, 6.07) is 9.77. The summed E-state index contributed by atoms with van der Waals surface area (Å²) in [5.74, 6) is -0.708. The molecule has 0 fully saturated rings. The fourth-order valence-corrected chi connectivity index (χ4v) is 1.92. The highest BCUT2D eigenvalue weighted by atomic mass is 16.4. The Morgan fingerprint density at radius 3 is 2.42 bits per heavy atom. The van der Waals surface area contributed by atoms with Gasteiger partial charge in [-0.1, -0.05) is 37.3 Å². The maximum Gasteiger partial charge on any atom is 0.303 e. The number of carbonyl (C=O) groups excluding carboxylic acids is 1. The third-order valence-electron chi connectivity index (χ3n) is 3.06. The highest BCUT2D eigenvalue weighted by molar-refractivity contribution is 5.77. The first-order valence-electron chi connectivity index (χ1n) is 6.55. The lowest BCUT2D eigenvalue weighted by Crippen LogP contribution is -2.33. The molecule has 104 valence electrons. The van der Waals surface area contributed by atoms with E-state index < -0.39 is 5.97 Å². The maximum absolute atomic E-state index is 11.8. The predicted molar refractivity (Wildman–Crippen MR) is 73.9 cm³/mol. The van der Waals surface area contributed by atoms with Crippen LogP contribution in [0.25, 0.3) is 0 Å². The number of carboxylic acids is 1. The van der Waals surface area contributed by atoms with Crippen LogP contribution >= 0.6 is 0 Å². The summed E-state index contributed by atoms with van der Waals surface area (Å²) in [5, 5.41) is 11.4. The largest absolute Gasteiger partial charge is 0.481 e. The van der Waals surface area contributed by atoms with Crippen molar-refractivity contribution in [2.45, 2.75) is 45.1 Å². The van der Waals surface area contributed by atoms with Crippen LogP contribution in [0.3, 0.4) is 0 Å². The van der Waals surface area contributed by atoms with Crippen LogP contribution in [0.5, 0.6) is 0 Å². The van der Waals surface area contributed by atoms with Gasteiger partial charge in [-0.3, -0.25) is 9.59 Å². The first kappa shape index (κ1) is 15.2. The minimum Gasteiger partial charge on any atom is -0.481 e. The van der Waals surface area contributed by atoms with Gasteiger partial charge in [0, 0.05) is 18.9 Å². The number of rotatable bonds is 7. The van der Waals surface area contributed by atoms with Crippen molar-refractivity contribution in [3.05, 3.63) is 35.9 Å². The van der Waals surface area contributed by atoms with Crippen molar-refractivity contribution in [3.63, 3.8) is 0 Å². The normalized spacial score (nSPS) is 13.6. The Balaban J connectivity index is 2.36. The van der Waals surface area contributed by atoms with E-state index in [1.165, 1.54) is 0 Å². The molecule has 0 spiro atoms. The molecular formula is C15H21NO3. The molecule has 0 radical (unpaired) electrons. The number of hydrogen-bond donors (Lipinski definition) is 2. The monoisotopic (exact) mass is 263 g/mol. The van der Waals surface area contributed by atoms with Crippen LogP contribution in [0.1, 0.15) is 44.6 Å². The maximum atomic E-state index is 11.8. The van der Waals surface area contributed by atoms with Gasteiger partial charge in [-0.05, 0) is 24.8 Å². The Morgan fingerprint density at radius 1 is 1.21 bits per heavy atom. The zero-order chi connectivity index (χ0) is 14.3. The van der Waals surface area contributed by atoms with Crippen molar-refractivity contribution in [1.29, 1.82) is 0 Å². The highest BCUT2D eigenvalue weighted by Crippen LogP contribution is 2.18. The molecule has 1 rings (SSSR count). The summed E-state index contributed by atoms with van der Waals surface area (Å²) in [6.07, 6.45) is 0.956. The number of carboxylic acid groups (broad SMARTS) is 1. The number of benzene rings is 1. The number of amides is 1. The van der Waals surface area contributed by atoms with Gasteiger partial charge in [-0.25, -0.2) is 0 Å². The summed E-state index contributed by atoms with van der Waals surface area (Å²) in [4.78, 5) is 22.3. The Bertz CT molecular complexity index is 417. The summed E-state index contributed by atoms with van der Waals surface area (Å²) < 4.78 is 0. The fourth-order valence-electron chi connectivity index (χ4n) is 1.92. The molecule has 2 atom stereocenters. The second-order valence-electron chi connectivity index (χ2n) is 4.92. The van der Waals surface area contributed by atoms with Crippen LogP contribution < -0.4 is 5.32 Å². The van der Waals surface area contributed by atoms with Crippen molar-refractivity contribution < 1.29 is 14.7 Å². The van der Waals surface area contributed by atoms with Gasteiger partial charge in [-0.2, -0.15) is 0 Å². The molecule has 0 aromatic heterocycles. The summed E-state index contributed by atoms with van der Waals surface area (Å²) >= 11 is 0. The molecular weight excluding hydrogens is 242 g/mol. The van der Waals surface area contributed by atoms with Crippen molar-refractivity contribution in [1.82, 2.24) is 5.32 Å². The molecule has 0 saturated heterocycles. The molecule has 1 amide bonds. The molecule has 4 heteroatoms. The minimum absolute atomic E-state index is 0.0331. The summed E-state index contributed by atoms with van der Waals surface area (Å²) in [5.41, 5.74) is 1.14. The molecule has 1 aromatic rings. The number of hydrogen-bond acceptors (Lipinski definition) is 2. The topological polar surface area (TPSA) is 66.4 Å². The van der Waals surface area contributed by atoms with Crippen LogP contribution in [0.4, 0.5) is 0 Å². The Kier molecular flexibility index (Phi) is 6.06. The highest BCUT2D eigenvalue weighted by Gasteiger charge is 2.13. The molecule has 1 aromatic carbocycles. The van der Waals surface area contributed by atoms with Gasteiger partial charge in [0.15, 0.2) is 0 Å². The lowest BCUT2D eigenvalue weighted by Gasteiger charge is -2.16. The van der Waals surface area contributed by atoms with Crippen molar-refractivity contribution in [2.24, 2.45) is 0 Å². The van der Waals surface area contributed by atoms with Crippen molar-refractivity contribution in [3.8, 4) is 0 Å². The quantitative estimate of drug-likeness (QED) is 0.794. The number of aliphatic carboxylic acids is 1. The smallest absolute Gasteiger partial charge is 0.303 e. The molecule has 19 heavy (non-hydrogen) atoms. The fraction of sp³-hybridized carbons (Fsp3) is 0.467. The van der Waals surface area contributed by atoms with Gasteiger partial charge < -0.3 is 10.4 Å². The molecule has 0 aliphatic carbocycles. The molecule has 2 N–H and O–H groups in total. The Morgan fingerprint density at radius 2 is 1.84 bits per heavy atom. The summed E-state index contributed by atoms with van der Waals surface area (Å²) in [6.45, 7) is 3.84. The molecule has 0 aliphatic rings. The summed E-state index contributed by atoms with van der Waals surface area (Å²) in [7, 11) is 0. The Labute approximate surface area is 113 Å². The van der Waals surface area contributed by atoms with Gasteiger partial charge in [0.05, 0.1) is 0 Å². The average Bonchev–Trinajstić information content (AvgIpc) is 2.37. The molecule has 0 saturated carbocycles. The van der Waals surface area contributed by atoms with Crippen LogP contribution in [-0.4, -0.2) is 23.0 Å². The van der Waals surface area contributed by atoms with E-state index in [1.54, 1.807) is 0 Å². The first-order chi connectivity index (χ1) is 8.99. The van der Waals surface area contributed by atoms with Crippen LogP contribution in [0.15, 0.2) is 30.3 Å². The van der Waals surface area contributed by atoms with Gasteiger partial charge in [0.1, 0.15) is 0 Å². The minimum atomic E-state index is -0.834. The van der Waals surface area contributed by atoms with Gasteiger partial charge in [-0.15, -0.1) is 0 Å². The van der Waals surface area contributed by atoms with E-state index in [0.29, 0.717) is 12.8 Å². The van der Waals surface area contributed by atoms with E-state index >= 15 is 0 Å². The van der Waals surface area contributed by atoms with E-state index in [4.69, 9.17) is 5.11 Å². The molecule has 0 heterocycles. The van der Waals surface area contributed by atoms with Gasteiger partial charge >= 0.3 is 5.97 Å².